The first-order valence-electron chi connectivity index (χ1n) is 15.1. The maximum Gasteiger partial charge on any atom is 0.268 e. The van der Waals surface area contributed by atoms with Gasteiger partial charge in [-0.2, -0.15) is 10.1 Å². The lowest BCUT2D eigenvalue weighted by molar-refractivity contribution is 0.589. The molecule has 0 amide bonds. The fourth-order valence-corrected chi connectivity index (χ4v) is 5.88. The molecule has 0 spiro atoms. The van der Waals surface area contributed by atoms with Crippen molar-refractivity contribution in [3.05, 3.63) is 135 Å². The predicted octanol–water partition coefficient (Wildman–Crippen LogP) is 5.54. The molecule has 3 aromatic carbocycles. The van der Waals surface area contributed by atoms with Gasteiger partial charge in [-0.3, -0.25) is 9.36 Å². The van der Waals surface area contributed by atoms with Gasteiger partial charge in [0, 0.05) is 61.4 Å². The lowest BCUT2D eigenvalue weighted by Crippen LogP contribution is -2.43. The number of fused-ring (bicyclic) bond motifs is 1. The number of aryl methyl sites for hydroxylation is 1. The second kappa shape index (κ2) is 12.9. The number of hydrogen-bond donors (Lipinski definition) is 2. The van der Waals surface area contributed by atoms with Gasteiger partial charge in [-0.15, -0.1) is 0 Å². The van der Waals surface area contributed by atoms with Crippen LogP contribution in [-0.4, -0.2) is 50.5 Å². The number of benzene rings is 3. The fourth-order valence-electron chi connectivity index (χ4n) is 5.58. The van der Waals surface area contributed by atoms with E-state index >= 15 is 0 Å². The van der Waals surface area contributed by atoms with Crippen molar-refractivity contribution in [1.82, 2.24) is 29.6 Å². The number of nitrogens with zero attached hydrogens (tertiary/aromatic N) is 6. The minimum absolute atomic E-state index is 0.230. The lowest BCUT2D eigenvalue weighted by atomic mass is 10.1. The largest absolute Gasteiger partial charge is 0.368 e. The van der Waals surface area contributed by atoms with Crippen molar-refractivity contribution in [2.24, 2.45) is 0 Å². The molecule has 2 N–H and O–H groups in total. The van der Waals surface area contributed by atoms with Crippen LogP contribution in [-0.2, 0) is 6.54 Å². The molecular formula is C36H31ClN8O. The van der Waals surface area contributed by atoms with Gasteiger partial charge < -0.3 is 15.5 Å². The third-order valence-electron chi connectivity index (χ3n) is 7.99. The van der Waals surface area contributed by atoms with Crippen molar-refractivity contribution >= 4 is 40.0 Å². The molecule has 0 atom stereocenters. The van der Waals surface area contributed by atoms with Gasteiger partial charge in [-0.25, -0.2) is 9.67 Å². The monoisotopic (exact) mass is 626 g/mol. The number of hydrogen-bond acceptors (Lipinski definition) is 7. The average Bonchev–Trinajstić information content (AvgIpc) is 3.62. The summed E-state index contributed by atoms with van der Waals surface area (Å²) < 4.78 is 3.45. The van der Waals surface area contributed by atoms with E-state index in [0.717, 1.165) is 59.9 Å². The summed E-state index contributed by atoms with van der Waals surface area (Å²) in [5, 5.41) is 12.4. The van der Waals surface area contributed by atoms with Crippen LogP contribution in [0.1, 0.15) is 22.3 Å². The molecule has 0 saturated carbocycles. The molecule has 1 aliphatic heterocycles. The molecule has 46 heavy (non-hydrogen) atoms. The Morgan fingerprint density at radius 3 is 2.61 bits per heavy atom. The van der Waals surface area contributed by atoms with Crippen molar-refractivity contribution < 1.29 is 0 Å². The second-order valence-electron chi connectivity index (χ2n) is 11.1. The van der Waals surface area contributed by atoms with E-state index in [1.165, 1.54) is 0 Å². The first-order valence-corrected chi connectivity index (χ1v) is 15.5. The van der Waals surface area contributed by atoms with Crippen molar-refractivity contribution in [3.8, 4) is 17.5 Å². The summed E-state index contributed by atoms with van der Waals surface area (Å²) in [6.07, 6.45) is 5.34. The van der Waals surface area contributed by atoms with Crippen LogP contribution in [0.2, 0.25) is 5.02 Å². The molecule has 7 rings (SSSR count). The average molecular weight is 627 g/mol. The molecule has 0 radical (unpaired) electrons. The van der Waals surface area contributed by atoms with Gasteiger partial charge in [0.1, 0.15) is 5.65 Å². The smallest absolute Gasteiger partial charge is 0.268 e. The molecule has 228 valence electrons. The molecule has 1 fully saturated rings. The van der Waals surface area contributed by atoms with E-state index in [0.29, 0.717) is 27.6 Å². The van der Waals surface area contributed by atoms with Gasteiger partial charge in [-0.05, 0) is 66.6 Å². The van der Waals surface area contributed by atoms with Gasteiger partial charge in [0.15, 0.2) is 0 Å². The predicted molar refractivity (Wildman–Crippen MR) is 183 cm³/mol. The van der Waals surface area contributed by atoms with Crippen LogP contribution in [0.25, 0.3) is 16.7 Å². The van der Waals surface area contributed by atoms with E-state index in [1.807, 2.05) is 85.9 Å². The normalized spacial score (nSPS) is 13.0. The van der Waals surface area contributed by atoms with E-state index in [2.05, 4.69) is 37.5 Å². The highest BCUT2D eigenvalue weighted by molar-refractivity contribution is 6.33. The van der Waals surface area contributed by atoms with Crippen LogP contribution >= 0.6 is 11.6 Å². The Labute approximate surface area is 271 Å². The SMILES string of the molecule is Cc1ccccc1C#Cc1cc2cnc(Nc3ccc(N4CCNCC4)c(Cl)c3)nc2n(Cc2cccc(-n3cccn3)c2)c1=O. The Bertz CT molecular complexity index is 2160. The third kappa shape index (κ3) is 6.22. The number of halogens is 1. The summed E-state index contributed by atoms with van der Waals surface area (Å²) in [6, 6.07) is 25.3. The van der Waals surface area contributed by atoms with E-state index in [4.69, 9.17) is 16.6 Å². The van der Waals surface area contributed by atoms with Crippen molar-refractivity contribution in [2.45, 2.75) is 13.5 Å². The van der Waals surface area contributed by atoms with Crippen LogP contribution in [0, 0.1) is 18.8 Å². The first-order chi connectivity index (χ1) is 22.5. The molecule has 3 aromatic heterocycles. The van der Waals surface area contributed by atoms with Crippen molar-refractivity contribution in [2.75, 3.05) is 36.4 Å². The summed E-state index contributed by atoms with van der Waals surface area (Å²) in [4.78, 5) is 25.7. The maximum absolute atomic E-state index is 14.0. The molecular weight excluding hydrogens is 596 g/mol. The summed E-state index contributed by atoms with van der Waals surface area (Å²) in [5.74, 6) is 6.66. The molecule has 0 aliphatic carbocycles. The quantitative estimate of drug-likeness (QED) is 0.235. The van der Waals surface area contributed by atoms with E-state index in [1.54, 1.807) is 27.7 Å². The maximum atomic E-state index is 14.0. The van der Waals surface area contributed by atoms with Gasteiger partial charge in [0.2, 0.25) is 5.95 Å². The molecule has 1 saturated heterocycles. The number of anilines is 3. The van der Waals surface area contributed by atoms with Crippen LogP contribution in [0.5, 0.6) is 0 Å². The number of aromatic nitrogens is 5. The Hall–Kier alpha value is -5.43. The van der Waals surface area contributed by atoms with Gasteiger partial charge >= 0.3 is 0 Å². The lowest BCUT2D eigenvalue weighted by Gasteiger charge is -2.30. The standard InChI is InChI=1S/C36H31ClN8O/c1-25-6-2-3-8-27(25)10-11-28-21-29-23-39-36(41-30-12-13-33(32(37)22-30)43-18-15-38-16-19-43)42-34(29)44(35(28)46)24-26-7-4-9-31(20-26)45-17-5-14-40-45/h2-9,12-14,17,20-23,38H,15-16,18-19,24H2,1H3,(H,39,41,42). The van der Waals surface area contributed by atoms with Gasteiger partial charge in [-0.1, -0.05) is 53.8 Å². The fraction of sp³-hybridized carbons (Fsp3) is 0.167. The third-order valence-corrected chi connectivity index (χ3v) is 8.29. The highest BCUT2D eigenvalue weighted by Crippen LogP contribution is 2.30. The zero-order valence-corrected chi connectivity index (χ0v) is 26.0. The van der Waals surface area contributed by atoms with Crippen molar-refractivity contribution in [3.63, 3.8) is 0 Å². The molecule has 0 bridgehead atoms. The van der Waals surface area contributed by atoms with Gasteiger partial charge in [0.25, 0.3) is 5.56 Å². The number of pyridine rings is 1. The summed E-state index contributed by atoms with van der Waals surface area (Å²) in [6.45, 7) is 5.95. The molecule has 9 nitrogen and oxygen atoms in total. The Balaban J connectivity index is 1.27. The van der Waals surface area contributed by atoms with E-state index in [9.17, 15) is 4.79 Å². The number of rotatable bonds is 6. The molecule has 10 heteroatoms. The van der Waals surface area contributed by atoms with E-state index < -0.39 is 0 Å². The van der Waals surface area contributed by atoms with Crippen LogP contribution in [0.4, 0.5) is 17.3 Å². The zero-order chi connectivity index (χ0) is 31.5. The Kier molecular flexibility index (Phi) is 8.21. The minimum atomic E-state index is -0.230. The minimum Gasteiger partial charge on any atom is -0.368 e. The summed E-state index contributed by atoms with van der Waals surface area (Å²) >= 11 is 6.70. The van der Waals surface area contributed by atoms with Crippen LogP contribution in [0.15, 0.2) is 102 Å². The van der Waals surface area contributed by atoms with Crippen LogP contribution < -0.4 is 21.1 Å². The zero-order valence-electron chi connectivity index (χ0n) is 25.2. The highest BCUT2D eigenvalue weighted by atomic mass is 35.5. The second-order valence-corrected chi connectivity index (χ2v) is 11.5. The molecule has 4 heterocycles. The highest BCUT2D eigenvalue weighted by Gasteiger charge is 2.16. The number of piperazine rings is 1. The Morgan fingerprint density at radius 2 is 1.80 bits per heavy atom. The topological polar surface area (TPSA) is 92.9 Å². The first kappa shape index (κ1) is 29.3. The Morgan fingerprint density at radius 1 is 0.957 bits per heavy atom. The van der Waals surface area contributed by atoms with Crippen LogP contribution in [0.3, 0.4) is 0 Å². The molecule has 0 unspecified atom stereocenters. The number of nitrogens with one attached hydrogen (secondary N) is 2. The summed E-state index contributed by atoms with van der Waals surface area (Å²) in [7, 11) is 0. The molecule has 6 aromatic rings. The van der Waals surface area contributed by atoms with E-state index in [-0.39, 0.29) is 12.1 Å². The van der Waals surface area contributed by atoms with Crippen molar-refractivity contribution in [1.29, 1.82) is 0 Å². The molecule has 1 aliphatic rings. The van der Waals surface area contributed by atoms with Gasteiger partial charge in [0.05, 0.1) is 28.5 Å². The summed E-state index contributed by atoms with van der Waals surface area (Å²) in [5.41, 5.74) is 6.13.